The molecule has 3 heterocycles. The quantitative estimate of drug-likeness (QED) is 0.0881. The summed E-state index contributed by atoms with van der Waals surface area (Å²) in [5.41, 5.74) is 1.71. The van der Waals surface area contributed by atoms with Gasteiger partial charge in [0.25, 0.3) is 11.1 Å². The standard InChI is InChI=1S/C31H40N4O5.C22H24BrN3O3/c1-6-23(33-30(38)40-31(2,3)4)28-32-24-13-10-14-25(27(24)29(37)35(28)22-11-8-7-9-12-22)34-19-17-21(18-20-34)15-16-26(36)39-5;1-5-16(25-21(28)29-22(2,3)4)19-24-17-13-9-12-15(23)18(17)20(27)26(19)14-10-7-6-8-11-14/h7-14,21,23H,6,15-20H2,1-5H3,(H,33,38);6-13,16H,5H2,1-4H3,(H,25,28)/t23-;16-/m00/s1. The average molecular weight is 1010 g/mol. The van der Waals surface area contributed by atoms with Gasteiger partial charge in [0.2, 0.25) is 0 Å². The van der Waals surface area contributed by atoms with Crippen LogP contribution in [0.1, 0.15) is 118 Å². The van der Waals surface area contributed by atoms with Crippen LogP contribution in [0.2, 0.25) is 0 Å². The van der Waals surface area contributed by atoms with Crippen LogP contribution in [0.5, 0.6) is 0 Å². The molecule has 0 radical (unpaired) electrons. The lowest BCUT2D eigenvalue weighted by atomic mass is 9.91. The van der Waals surface area contributed by atoms with Gasteiger partial charge in [-0.25, -0.2) is 19.6 Å². The second kappa shape index (κ2) is 22.7. The number of nitrogens with zero attached hydrogens (tertiary/aromatic N) is 5. The number of amides is 2. The van der Waals surface area contributed by atoms with Gasteiger partial charge in [-0.2, -0.15) is 0 Å². The average Bonchev–Trinajstić information content (AvgIpc) is 3.31. The number of ether oxygens (including phenoxy) is 3. The molecule has 0 saturated carbocycles. The van der Waals surface area contributed by atoms with Crippen LogP contribution >= 0.6 is 15.9 Å². The monoisotopic (exact) mass is 1010 g/mol. The highest BCUT2D eigenvalue weighted by Gasteiger charge is 2.29. The third-order valence-electron chi connectivity index (χ3n) is 11.6. The third-order valence-corrected chi connectivity index (χ3v) is 12.2. The molecule has 366 valence electrons. The van der Waals surface area contributed by atoms with Crippen molar-refractivity contribution in [2.24, 2.45) is 5.92 Å². The summed E-state index contributed by atoms with van der Waals surface area (Å²) < 4.78 is 19.5. The van der Waals surface area contributed by atoms with Gasteiger partial charge in [0.05, 0.1) is 58.1 Å². The zero-order valence-electron chi connectivity index (χ0n) is 41.0. The van der Waals surface area contributed by atoms with Crippen molar-refractivity contribution in [2.45, 2.75) is 117 Å². The lowest BCUT2D eigenvalue weighted by Crippen LogP contribution is -2.38. The van der Waals surface area contributed by atoms with E-state index in [0.29, 0.717) is 74.5 Å². The van der Waals surface area contributed by atoms with Crippen LogP contribution in [0.3, 0.4) is 0 Å². The van der Waals surface area contributed by atoms with Crippen LogP contribution in [0.4, 0.5) is 15.3 Å². The molecule has 1 aliphatic heterocycles. The largest absolute Gasteiger partial charge is 0.469 e. The smallest absolute Gasteiger partial charge is 0.408 e. The molecular formula is C53H64BrN7O8. The normalized spacial score (nSPS) is 14.0. The Labute approximate surface area is 411 Å². The van der Waals surface area contributed by atoms with Crippen LogP contribution in [-0.2, 0) is 19.0 Å². The number of halogens is 1. The number of alkyl carbamates (subject to hydrolysis) is 2. The third kappa shape index (κ3) is 13.2. The van der Waals surface area contributed by atoms with Crippen molar-refractivity contribution < 1.29 is 28.6 Å². The summed E-state index contributed by atoms with van der Waals surface area (Å²) in [5.74, 6) is 1.18. The van der Waals surface area contributed by atoms with E-state index < -0.39 is 35.5 Å². The number of piperidine rings is 1. The van der Waals surface area contributed by atoms with Gasteiger partial charge in [0.1, 0.15) is 22.9 Å². The van der Waals surface area contributed by atoms with Gasteiger partial charge < -0.3 is 29.7 Å². The molecule has 1 aliphatic rings. The number of hydrogen-bond acceptors (Lipinski definition) is 11. The molecule has 2 N–H and O–H groups in total. The zero-order valence-corrected chi connectivity index (χ0v) is 42.6. The molecule has 0 bridgehead atoms. The van der Waals surface area contributed by atoms with Crippen LogP contribution in [0.25, 0.3) is 33.2 Å². The van der Waals surface area contributed by atoms with E-state index in [0.717, 1.165) is 38.0 Å². The van der Waals surface area contributed by atoms with E-state index in [4.69, 9.17) is 24.2 Å². The van der Waals surface area contributed by atoms with E-state index in [2.05, 4.69) is 31.5 Å². The number of hydrogen-bond donors (Lipinski definition) is 2. The predicted octanol–water partition coefficient (Wildman–Crippen LogP) is 10.7. The Hall–Kier alpha value is -6.55. The minimum absolute atomic E-state index is 0.175. The Morgan fingerprint density at radius 1 is 0.667 bits per heavy atom. The molecule has 0 spiro atoms. The van der Waals surface area contributed by atoms with Crippen LogP contribution < -0.4 is 26.7 Å². The zero-order chi connectivity index (χ0) is 50.0. The molecule has 0 unspecified atom stereocenters. The van der Waals surface area contributed by atoms with Gasteiger partial charge in [-0.05, 0) is 144 Å². The van der Waals surface area contributed by atoms with Gasteiger partial charge in [0.15, 0.2) is 0 Å². The van der Waals surface area contributed by atoms with Crippen molar-refractivity contribution in [3.8, 4) is 11.4 Å². The van der Waals surface area contributed by atoms with Crippen LogP contribution in [0, 0.1) is 5.92 Å². The Bertz CT molecular complexity index is 2870. The number of anilines is 1. The molecule has 0 aliphatic carbocycles. The Morgan fingerprint density at radius 2 is 1.12 bits per heavy atom. The number of benzene rings is 4. The Balaban J connectivity index is 0.000000239. The van der Waals surface area contributed by atoms with Gasteiger partial charge >= 0.3 is 18.2 Å². The van der Waals surface area contributed by atoms with Crippen molar-refractivity contribution in [3.63, 3.8) is 0 Å². The first-order valence-electron chi connectivity index (χ1n) is 23.5. The number of carbonyl (C=O) groups is 3. The maximum Gasteiger partial charge on any atom is 0.408 e. The summed E-state index contributed by atoms with van der Waals surface area (Å²) in [4.78, 5) is 76.4. The Morgan fingerprint density at radius 3 is 1.57 bits per heavy atom. The minimum Gasteiger partial charge on any atom is -0.469 e. The van der Waals surface area contributed by atoms with Crippen molar-refractivity contribution in [3.05, 3.63) is 134 Å². The van der Waals surface area contributed by atoms with E-state index in [9.17, 15) is 24.0 Å². The summed E-state index contributed by atoms with van der Waals surface area (Å²) in [6, 6.07) is 28.8. The summed E-state index contributed by atoms with van der Waals surface area (Å²) in [6.07, 6.45) is 3.06. The highest BCUT2D eigenvalue weighted by molar-refractivity contribution is 9.10. The first-order valence-corrected chi connectivity index (χ1v) is 24.3. The van der Waals surface area contributed by atoms with Gasteiger partial charge in [0, 0.05) is 24.0 Å². The molecule has 69 heavy (non-hydrogen) atoms. The van der Waals surface area contributed by atoms with E-state index in [-0.39, 0.29) is 17.1 Å². The molecule has 2 aromatic heterocycles. The number of methoxy groups -OCH3 is 1. The maximum atomic E-state index is 14.3. The molecule has 1 fully saturated rings. The first-order chi connectivity index (χ1) is 32.8. The summed E-state index contributed by atoms with van der Waals surface area (Å²) in [7, 11) is 1.42. The fourth-order valence-corrected chi connectivity index (χ4v) is 8.83. The summed E-state index contributed by atoms with van der Waals surface area (Å²) >= 11 is 3.46. The molecule has 7 rings (SSSR count). The lowest BCUT2D eigenvalue weighted by molar-refractivity contribution is -0.141. The molecule has 16 heteroatoms. The lowest BCUT2D eigenvalue weighted by Gasteiger charge is -2.34. The van der Waals surface area contributed by atoms with Crippen LogP contribution in [-0.4, -0.2) is 68.7 Å². The summed E-state index contributed by atoms with van der Waals surface area (Å²) in [6.45, 7) is 16.3. The number of nitrogens with one attached hydrogen (secondary N) is 2. The van der Waals surface area contributed by atoms with Crippen molar-refractivity contribution in [2.75, 3.05) is 25.1 Å². The fourth-order valence-electron chi connectivity index (χ4n) is 8.31. The van der Waals surface area contributed by atoms with E-state index >= 15 is 0 Å². The minimum atomic E-state index is -0.653. The first kappa shape index (κ1) is 51.8. The SMILES string of the molecule is CC[C@H](NC(=O)OC(C)(C)C)c1nc2cccc(Br)c2c(=O)n1-c1ccccc1.CC[C@H](NC(=O)OC(C)(C)C)c1nc2cccc(N3CCC(CCC(=O)OC)CC3)c2c(=O)n1-c1ccccc1. The van der Waals surface area contributed by atoms with E-state index in [1.807, 2.05) is 126 Å². The molecule has 2 atom stereocenters. The van der Waals surface area contributed by atoms with E-state index in [1.165, 1.54) is 7.11 Å². The van der Waals surface area contributed by atoms with Crippen molar-refractivity contribution >= 4 is 61.6 Å². The molecule has 6 aromatic rings. The fraction of sp³-hybridized carbons (Fsp3) is 0.415. The number of carbonyl (C=O) groups excluding carboxylic acids is 3. The molecule has 2 amide bonds. The van der Waals surface area contributed by atoms with Crippen LogP contribution in [0.15, 0.2) is 111 Å². The molecule has 15 nitrogen and oxygen atoms in total. The van der Waals surface area contributed by atoms with Gasteiger partial charge in [-0.1, -0.05) is 62.4 Å². The molecule has 1 saturated heterocycles. The number of rotatable bonds is 12. The van der Waals surface area contributed by atoms with Crippen molar-refractivity contribution in [1.29, 1.82) is 0 Å². The van der Waals surface area contributed by atoms with Gasteiger partial charge in [-0.3, -0.25) is 23.5 Å². The molecular weight excluding hydrogens is 943 g/mol. The second-order valence-corrected chi connectivity index (χ2v) is 19.8. The predicted molar refractivity (Wildman–Crippen MR) is 273 cm³/mol. The van der Waals surface area contributed by atoms with Gasteiger partial charge in [-0.15, -0.1) is 0 Å². The summed E-state index contributed by atoms with van der Waals surface area (Å²) in [5, 5.41) is 6.83. The molecule has 4 aromatic carbocycles. The highest BCUT2D eigenvalue weighted by Crippen LogP contribution is 2.32. The number of fused-ring (bicyclic) bond motifs is 2. The number of aromatic nitrogens is 4. The maximum absolute atomic E-state index is 14.3. The van der Waals surface area contributed by atoms with E-state index in [1.54, 1.807) is 36.0 Å². The Kier molecular flexibility index (Phi) is 17.1. The van der Waals surface area contributed by atoms with Crippen molar-refractivity contribution in [1.82, 2.24) is 29.7 Å². The number of esters is 1. The number of para-hydroxylation sites is 2. The topological polar surface area (TPSA) is 176 Å². The highest BCUT2D eigenvalue weighted by atomic mass is 79.9. The second-order valence-electron chi connectivity index (χ2n) is 19.0.